The largest absolute Gasteiger partial charge is 0.458 e. The molecule has 53 heavy (non-hydrogen) atoms. The van der Waals surface area contributed by atoms with Gasteiger partial charge < -0.3 is 38.6 Å². The van der Waals surface area contributed by atoms with Crippen molar-refractivity contribution >= 4 is 29.6 Å². The van der Waals surface area contributed by atoms with Gasteiger partial charge in [0.15, 0.2) is 29.6 Å². The fraction of sp³-hybridized carbons (Fsp3) is 0.667. The van der Waals surface area contributed by atoms with Crippen LogP contribution in [-0.2, 0) is 42.8 Å². The number of fused-ring (bicyclic) bond motifs is 3. The van der Waals surface area contributed by atoms with Crippen molar-refractivity contribution in [2.24, 2.45) is 17.8 Å². The summed E-state index contributed by atoms with van der Waals surface area (Å²) in [7, 11) is 3.66. The number of ketones is 2. The van der Waals surface area contributed by atoms with Gasteiger partial charge in [0.05, 0.1) is 35.5 Å². The Morgan fingerprint density at radius 3 is 2.34 bits per heavy atom. The first kappa shape index (κ1) is 40.5. The molecule has 13 nitrogen and oxygen atoms in total. The van der Waals surface area contributed by atoms with Crippen molar-refractivity contribution in [3.05, 3.63) is 48.6 Å². The predicted octanol–water partition coefficient (Wildman–Crippen LogP) is 4.35. The number of alkyl halides is 1. The zero-order valence-electron chi connectivity index (χ0n) is 32.0. The molecule has 4 saturated heterocycles. The molecule has 0 saturated carbocycles. The van der Waals surface area contributed by atoms with E-state index >= 15 is 4.39 Å². The summed E-state index contributed by atoms with van der Waals surface area (Å²) in [6.45, 7) is 14.8. The van der Waals surface area contributed by atoms with Gasteiger partial charge >= 0.3 is 18.0 Å². The lowest BCUT2D eigenvalue weighted by molar-refractivity contribution is -0.292. The zero-order chi connectivity index (χ0) is 39.2. The van der Waals surface area contributed by atoms with Crippen molar-refractivity contribution < 1.29 is 56.8 Å². The van der Waals surface area contributed by atoms with Gasteiger partial charge in [-0.2, -0.15) is 0 Å². The minimum atomic E-state index is -2.70. The fourth-order valence-corrected chi connectivity index (χ4v) is 8.62. The number of rotatable bonds is 7. The number of amides is 1. The van der Waals surface area contributed by atoms with E-state index in [2.05, 4.69) is 11.9 Å². The molecule has 14 atom stereocenters. The Labute approximate surface area is 310 Å². The Balaban J connectivity index is 1.60. The van der Waals surface area contributed by atoms with Crippen molar-refractivity contribution in [1.82, 2.24) is 10.2 Å². The van der Waals surface area contributed by atoms with Gasteiger partial charge in [-0.3, -0.25) is 14.4 Å². The van der Waals surface area contributed by atoms with Gasteiger partial charge in [-0.1, -0.05) is 45.0 Å². The van der Waals surface area contributed by atoms with E-state index in [9.17, 15) is 24.0 Å². The molecule has 4 fully saturated rings. The number of nitrogens with one attached hydrogen (secondary N) is 1. The Morgan fingerprint density at radius 1 is 1.08 bits per heavy atom. The summed E-state index contributed by atoms with van der Waals surface area (Å²) in [4.78, 5) is 70.5. The summed E-state index contributed by atoms with van der Waals surface area (Å²) >= 11 is 0. The van der Waals surface area contributed by atoms with Gasteiger partial charge in [0.1, 0.15) is 18.1 Å². The van der Waals surface area contributed by atoms with Crippen LogP contribution in [-0.4, -0.2) is 114 Å². The van der Waals surface area contributed by atoms with E-state index in [-0.39, 0.29) is 6.42 Å². The lowest BCUT2D eigenvalue weighted by Gasteiger charge is -2.46. The van der Waals surface area contributed by atoms with Gasteiger partial charge in [-0.15, -0.1) is 6.58 Å². The summed E-state index contributed by atoms with van der Waals surface area (Å²) in [5, 5.41) is 2.63. The molecule has 1 unspecified atom stereocenters. The van der Waals surface area contributed by atoms with E-state index < -0.39 is 120 Å². The van der Waals surface area contributed by atoms with E-state index in [1.54, 1.807) is 37.3 Å². The number of ether oxygens (including phenoxy) is 6. The van der Waals surface area contributed by atoms with E-state index in [4.69, 9.17) is 28.4 Å². The molecule has 0 spiro atoms. The van der Waals surface area contributed by atoms with Gasteiger partial charge in [0.2, 0.25) is 5.67 Å². The molecule has 5 rings (SSSR count). The van der Waals surface area contributed by atoms with Crippen molar-refractivity contribution in [1.29, 1.82) is 0 Å². The van der Waals surface area contributed by atoms with Crippen LogP contribution in [0.25, 0.3) is 0 Å². The van der Waals surface area contributed by atoms with Crippen LogP contribution < -0.4 is 5.32 Å². The van der Waals surface area contributed by atoms with Gasteiger partial charge in [-0.05, 0) is 66.8 Å². The van der Waals surface area contributed by atoms with E-state index in [0.29, 0.717) is 12.0 Å². The minimum absolute atomic E-state index is 0.154. The van der Waals surface area contributed by atoms with E-state index in [1.807, 2.05) is 25.9 Å². The maximum Gasteiger partial charge on any atom is 0.408 e. The highest BCUT2D eigenvalue weighted by Gasteiger charge is 2.66. The molecule has 292 valence electrons. The molecule has 4 aliphatic rings. The molecule has 1 N–H and O–H groups in total. The molecule has 0 aromatic heterocycles. The quantitative estimate of drug-likeness (QED) is 0.183. The second kappa shape index (κ2) is 15.2. The predicted molar refractivity (Wildman–Crippen MR) is 188 cm³/mol. The number of halogens is 1. The number of esters is 2. The number of cyclic esters (lactones) is 1. The number of hydrogen-bond acceptors (Lipinski definition) is 12. The van der Waals surface area contributed by atoms with Crippen molar-refractivity contribution in [2.45, 2.75) is 133 Å². The first-order valence-corrected chi connectivity index (χ1v) is 18.3. The maximum atomic E-state index is 17.7. The normalized spacial score (nSPS) is 42.2. The highest BCUT2D eigenvalue weighted by atomic mass is 19.1. The fourth-order valence-electron chi connectivity index (χ4n) is 8.62. The van der Waals surface area contributed by atoms with Crippen LogP contribution in [0.2, 0.25) is 0 Å². The number of Topliss-reactive ketones (excluding diaryl/α,β-unsaturated/α-hetero) is 2. The Kier molecular flexibility index (Phi) is 11.6. The van der Waals surface area contributed by atoms with Crippen molar-refractivity contribution in [3.8, 4) is 0 Å². The number of likely N-dealkylation sites (N-methyl/N-ethyl adjacent to an activating group) is 1. The first-order chi connectivity index (χ1) is 24.8. The van der Waals surface area contributed by atoms with Crippen molar-refractivity contribution in [2.75, 3.05) is 14.1 Å². The molecule has 1 aromatic rings. The summed E-state index contributed by atoms with van der Waals surface area (Å²) in [6.07, 6.45) is -6.28. The average molecular weight is 745 g/mol. The highest BCUT2D eigenvalue weighted by Crippen LogP contribution is 2.49. The smallest absolute Gasteiger partial charge is 0.408 e. The second-order valence-corrected chi connectivity index (χ2v) is 15.6. The molecule has 1 aromatic carbocycles. The molecule has 0 aliphatic carbocycles. The lowest BCUT2D eigenvalue weighted by atomic mass is 9.72. The third-order valence-electron chi connectivity index (χ3n) is 11.5. The van der Waals surface area contributed by atoms with Crippen LogP contribution >= 0.6 is 0 Å². The first-order valence-electron chi connectivity index (χ1n) is 18.3. The van der Waals surface area contributed by atoms with E-state index in [0.717, 1.165) is 0 Å². The zero-order valence-corrected chi connectivity index (χ0v) is 32.0. The third-order valence-corrected chi connectivity index (χ3v) is 11.5. The number of benzene rings is 1. The summed E-state index contributed by atoms with van der Waals surface area (Å²) < 4.78 is 54.7. The minimum Gasteiger partial charge on any atom is -0.458 e. The molecule has 14 heteroatoms. The standard InChI is InChI=1S/C39H53FN2O11/c1-11-26-38(8)30(41-36(47)53-38)23(6)31(44)39(40)19-37(7,52-27(39)12-2)32(21(4)28(43)22(5)33(45)49-26)51-35-29(25(42(9)10)18-20(3)48-35)50-34(46)24-16-14-13-15-17-24/h12-17,20-23,25-27,29-30,32,35H,2,11,18-19H2,1,3-10H3,(H,41,47)/t20-,21+,22-,23+,25+,26-,27?,29-,30-,32-,35+,37-,38-,39-/m1/s1. The molecular weight excluding hydrogens is 691 g/mol. The van der Waals surface area contributed by atoms with E-state index in [1.165, 1.54) is 40.7 Å². The van der Waals surface area contributed by atoms with Gasteiger partial charge in [-0.25, -0.2) is 14.0 Å². The molecular formula is C39H53FN2O11. The molecule has 4 aliphatic heterocycles. The van der Waals surface area contributed by atoms with Crippen LogP contribution in [0.3, 0.4) is 0 Å². The monoisotopic (exact) mass is 744 g/mol. The topological polar surface area (TPSA) is 156 Å². The van der Waals surface area contributed by atoms with Crippen LogP contribution in [0.4, 0.5) is 9.18 Å². The SMILES string of the molecule is C=CC1O[C@]2(C)C[C@]1(F)C(=O)[C@@H](C)[C@H]1NC(=O)O[C@]1(C)[C@@H](CC)OC(=O)[C@H](C)C(=O)[C@H](C)[C@H]2O[C@@H]1O[C@H](C)C[C@H](N(C)C)[C@H]1OC(=O)c1ccccc1. The van der Waals surface area contributed by atoms with Crippen LogP contribution in [0.1, 0.15) is 78.1 Å². The van der Waals surface area contributed by atoms with Crippen LogP contribution in [0.15, 0.2) is 43.0 Å². The summed E-state index contributed by atoms with van der Waals surface area (Å²) in [5.41, 5.74) is -5.68. The molecule has 4 heterocycles. The molecule has 2 bridgehead atoms. The molecule has 0 radical (unpaired) electrons. The number of carbonyl (C=O) groups is 5. The van der Waals surface area contributed by atoms with Crippen molar-refractivity contribution in [3.63, 3.8) is 0 Å². The van der Waals surface area contributed by atoms with Gasteiger partial charge in [0.25, 0.3) is 0 Å². The maximum absolute atomic E-state index is 17.7. The summed E-state index contributed by atoms with van der Waals surface area (Å²) in [6, 6.07) is 6.91. The van der Waals surface area contributed by atoms with Gasteiger partial charge in [0, 0.05) is 18.3 Å². The van der Waals surface area contributed by atoms with Crippen LogP contribution in [0.5, 0.6) is 0 Å². The summed E-state index contributed by atoms with van der Waals surface area (Å²) in [5.74, 6) is -6.73. The lowest BCUT2D eigenvalue weighted by Crippen LogP contribution is -2.60. The second-order valence-electron chi connectivity index (χ2n) is 15.6. The Bertz CT molecular complexity index is 1590. The average Bonchev–Trinajstić information content (AvgIpc) is 3.59. The number of carbonyl (C=O) groups excluding carboxylic acids is 5. The Hall–Kier alpha value is -3.72. The number of hydrogen-bond donors (Lipinski definition) is 1. The number of nitrogens with zero attached hydrogens (tertiary/aromatic N) is 1. The highest BCUT2D eigenvalue weighted by molar-refractivity contribution is 6.00. The number of alkyl carbamates (subject to hydrolysis) is 1. The van der Waals surface area contributed by atoms with Crippen LogP contribution in [0, 0.1) is 17.8 Å². The third kappa shape index (κ3) is 7.39. The molecule has 1 amide bonds. The Morgan fingerprint density at radius 2 is 1.74 bits per heavy atom.